The van der Waals surface area contributed by atoms with Gasteiger partial charge in [0.2, 0.25) is 5.95 Å². The lowest BCUT2D eigenvalue weighted by Gasteiger charge is -2.28. The van der Waals surface area contributed by atoms with Crippen LogP contribution < -0.4 is 15.0 Å². The molecule has 0 amide bonds. The largest absolute Gasteiger partial charge is 0.497 e. The van der Waals surface area contributed by atoms with E-state index in [9.17, 15) is 4.79 Å². The van der Waals surface area contributed by atoms with E-state index in [0.717, 1.165) is 47.2 Å². The number of ether oxygens (including phenoxy) is 2. The molecule has 1 aromatic carbocycles. The molecule has 0 unspecified atom stereocenters. The standard InChI is InChI=1S/C23H24N8O3/c1-30-18(13-26-23-24-11-15(14-32)12-25-23)27-19-21(30)28-20(16-3-5-17(33-2)6-4-16)29-22(19)31-7-9-34-10-8-31/h3-6,11-12,14H,7-10,13H2,1-2H3,(H,24,25,26). The Morgan fingerprint density at radius 3 is 2.50 bits per heavy atom. The molecule has 174 valence electrons. The fourth-order valence-corrected chi connectivity index (χ4v) is 3.76. The number of methoxy groups -OCH3 is 1. The van der Waals surface area contributed by atoms with Crippen molar-refractivity contribution in [3.8, 4) is 17.1 Å². The molecular weight excluding hydrogens is 436 g/mol. The highest BCUT2D eigenvalue weighted by molar-refractivity contribution is 5.86. The lowest BCUT2D eigenvalue weighted by molar-refractivity contribution is 0.112. The summed E-state index contributed by atoms with van der Waals surface area (Å²) in [5, 5.41) is 3.15. The van der Waals surface area contributed by atoms with Gasteiger partial charge in [-0.2, -0.15) is 0 Å². The Kier molecular flexibility index (Phi) is 6.00. The molecule has 11 heteroatoms. The molecule has 0 spiro atoms. The fraction of sp³-hybridized carbons (Fsp3) is 0.304. The van der Waals surface area contributed by atoms with Crippen LogP contribution in [0.25, 0.3) is 22.6 Å². The van der Waals surface area contributed by atoms with Gasteiger partial charge >= 0.3 is 0 Å². The zero-order valence-corrected chi connectivity index (χ0v) is 18.9. The van der Waals surface area contributed by atoms with Gasteiger partial charge in [-0.25, -0.2) is 24.9 Å². The number of carbonyl (C=O) groups is 1. The van der Waals surface area contributed by atoms with Crippen molar-refractivity contribution >= 4 is 29.2 Å². The molecule has 1 N–H and O–H groups in total. The summed E-state index contributed by atoms with van der Waals surface area (Å²) >= 11 is 0. The summed E-state index contributed by atoms with van der Waals surface area (Å²) in [4.78, 5) is 35.9. The summed E-state index contributed by atoms with van der Waals surface area (Å²) < 4.78 is 12.8. The summed E-state index contributed by atoms with van der Waals surface area (Å²) in [6.07, 6.45) is 3.66. The van der Waals surface area contributed by atoms with Gasteiger partial charge in [0.15, 0.2) is 29.1 Å². The number of nitrogens with one attached hydrogen (secondary N) is 1. The van der Waals surface area contributed by atoms with Gasteiger partial charge in [-0.1, -0.05) is 0 Å². The predicted molar refractivity (Wildman–Crippen MR) is 126 cm³/mol. The van der Waals surface area contributed by atoms with Crippen molar-refractivity contribution < 1.29 is 14.3 Å². The number of hydrogen-bond acceptors (Lipinski definition) is 10. The molecule has 0 atom stereocenters. The van der Waals surface area contributed by atoms with E-state index in [1.807, 2.05) is 35.9 Å². The molecule has 0 saturated carbocycles. The number of hydrogen-bond donors (Lipinski definition) is 1. The van der Waals surface area contributed by atoms with E-state index in [-0.39, 0.29) is 0 Å². The second-order valence-electron chi connectivity index (χ2n) is 7.77. The number of benzene rings is 1. The van der Waals surface area contributed by atoms with Gasteiger partial charge in [0.25, 0.3) is 0 Å². The van der Waals surface area contributed by atoms with Gasteiger partial charge in [-0.15, -0.1) is 0 Å². The number of carbonyl (C=O) groups excluding carboxylic acids is 1. The van der Waals surface area contributed by atoms with E-state index in [2.05, 4.69) is 20.2 Å². The van der Waals surface area contributed by atoms with Crippen molar-refractivity contribution in [1.29, 1.82) is 0 Å². The van der Waals surface area contributed by atoms with Crippen LogP contribution in [0.1, 0.15) is 16.2 Å². The number of imidazole rings is 1. The molecule has 0 aliphatic carbocycles. The minimum atomic E-state index is 0.383. The number of rotatable bonds is 7. The Bertz CT molecular complexity index is 1300. The second-order valence-corrected chi connectivity index (χ2v) is 7.77. The third kappa shape index (κ3) is 4.25. The number of aldehydes is 1. The summed E-state index contributed by atoms with van der Waals surface area (Å²) in [5.41, 5.74) is 2.78. The van der Waals surface area contributed by atoms with Crippen molar-refractivity contribution in [2.75, 3.05) is 43.6 Å². The summed E-state index contributed by atoms with van der Waals surface area (Å²) in [7, 11) is 3.57. The number of aromatic nitrogens is 6. The zero-order chi connectivity index (χ0) is 23.5. The summed E-state index contributed by atoms with van der Waals surface area (Å²) in [5.74, 6) is 3.35. The minimum Gasteiger partial charge on any atom is -0.497 e. The Hall–Kier alpha value is -4.12. The topological polar surface area (TPSA) is 120 Å². The van der Waals surface area contributed by atoms with Crippen LogP contribution in [0.5, 0.6) is 5.75 Å². The lowest BCUT2D eigenvalue weighted by Crippen LogP contribution is -2.37. The SMILES string of the molecule is COc1ccc(-c2nc(N3CCOCC3)c3nc(CNc4ncc(C=O)cn4)n(C)c3n2)cc1. The maximum absolute atomic E-state index is 10.8. The summed E-state index contributed by atoms with van der Waals surface area (Å²) in [6.45, 7) is 3.12. The lowest BCUT2D eigenvalue weighted by atomic mass is 10.2. The van der Waals surface area contributed by atoms with Crippen LogP contribution in [0.15, 0.2) is 36.7 Å². The van der Waals surface area contributed by atoms with E-state index in [0.29, 0.717) is 43.4 Å². The highest BCUT2D eigenvalue weighted by Gasteiger charge is 2.22. The second kappa shape index (κ2) is 9.40. The van der Waals surface area contributed by atoms with Crippen molar-refractivity contribution in [1.82, 2.24) is 29.5 Å². The molecule has 1 saturated heterocycles. The number of morpholine rings is 1. The first kappa shape index (κ1) is 21.7. The van der Waals surface area contributed by atoms with Gasteiger partial charge in [0.05, 0.1) is 32.4 Å². The Morgan fingerprint density at radius 2 is 1.82 bits per heavy atom. The van der Waals surface area contributed by atoms with Gasteiger partial charge in [-0.05, 0) is 24.3 Å². The Labute approximate surface area is 195 Å². The van der Waals surface area contributed by atoms with E-state index in [4.69, 9.17) is 24.4 Å². The smallest absolute Gasteiger partial charge is 0.222 e. The van der Waals surface area contributed by atoms with Gasteiger partial charge in [0, 0.05) is 38.1 Å². The Balaban J connectivity index is 1.53. The maximum atomic E-state index is 10.8. The molecule has 5 rings (SSSR count). The molecule has 34 heavy (non-hydrogen) atoms. The monoisotopic (exact) mass is 460 g/mol. The molecule has 1 aliphatic rings. The van der Waals surface area contributed by atoms with Crippen LogP contribution >= 0.6 is 0 Å². The fourth-order valence-electron chi connectivity index (χ4n) is 3.76. The first-order chi connectivity index (χ1) is 16.7. The van der Waals surface area contributed by atoms with E-state index < -0.39 is 0 Å². The van der Waals surface area contributed by atoms with Gasteiger partial charge < -0.3 is 24.3 Å². The van der Waals surface area contributed by atoms with Crippen LogP contribution in [0.2, 0.25) is 0 Å². The molecule has 4 heterocycles. The molecular formula is C23H24N8O3. The summed E-state index contributed by atoms with van der Waals surface area (Å²) in [6, 6.07) is 7.68. The predicted octanol–water partition coefficient (Wildman–Crippen LogP) is 2.09. The van der Waals surface area contributed by atoms with Crippen LogP contribution in [0.4, 0.5) is 11.8 Å². The number of fused-ring (bicyclic) bond motifs is 1. The van der Waals surface area contributed by atoms with Crippen LogP contribution in [-0.4, -0.2) is 69.2 Å². The molecule has 4 aromatic rings. The number of anilines is 2. The molecule has 11 nitrogen and oxygen atoms in total. The van der Waals surface area contributed by atoms with Gasteiger partial charge in [-0.3, -0.25) is 4.79 Å². The first-order valence-electron chi connectivity index (χ1n) is 10.9. The quantitative estimate of drug-likeness (QED) is 0.410. The van der Waals surface area contributed by atoms with E-state index in [1.165, 1.54) is 12.4 Å². The molecule has 1 aliphatic heterocycles. The Morgan fingerprint density at radius 1 is 1.09 bits per heavy atom. The van der Waals surface area contributed by atoms with Crippen LogP contribution in [-0.2, 0) is 18.3 Å². The van der Waals surface area contributed by atoms with Gasteiger partial charge in [0.1, 0.15) is 11.6 Å². The minimum absolute atomic E-state index is 0.383. The molecule has 1 fully saturated rings. The van der Waals surface area contributed by atoms with Crippen molar-refractivity contribution in [3.05, 3.63) is 48.0 Å². The first-order valence-corrected chi connectivity index (χ1v) is 10.9. The van der Waals surface area contributed by atoms with Crippen LogP contribution in [0.3, 0.4) is 0 Å². The van der Waals surface area contributed by atoms with E-state index in [1.54, 1.807) is 7.11 Å². The highest BCUT2D eigenvalue weighted by Crippen LogP contribution is 2.29. The van der Waals surface area contributed by atoms with E-state index >= 15 is 0 Å². The normalized spacial score (nSPS) is 13.8. The van der Waals surface area contributed by atoms with Crippen molar-refractivity contribution in [2.45, 2.75) is 6.54 Å². The van der Waals surface area contributed by atoms with Crippen molar-refractivity contribution in [3.63, 3.8) is 0 Å². The average molecular weight is 460 g/mol. The molecule has 0 radical (unpaired) electrons. The number of nitrogens with zero attached hydrogens (tertiary/aromatic N) is 7. The zero-order valence-electron chi connectivity index (χ0n) is 18.9. The van der Waals surface area contributed by atoms with Crippen molar-refractivity contribution in [2.24, 2.45) is 7.05 Å². The third-order valence-electron chi connectivity index (χ3n) is 5.66. The highest BCUT2D eigenvalue weighted by atomic mass is 16.5. The maximum Gasteiger partial charge on any atom is 0.222 e. The molecule has 0 bridgehead atoms. The number of aryl methyl sites for hydroxylation is 1. The molecule has 3 aromatic heterocycles. The average Bonchev–Trinajstić information content (AvgIpc) is 3.23. The van der Waals surface area contributed by atoms with Crippen LogP contribution in [0, 0.1) is 0 Å². The third-order valence-corrected chi connectivity index (χ3v) is 5.66.